The molecule has 1 N–H and O–H groups in total. The molecule has 0 aliphatic carbocycles. The summed E-state index contributed by atoms with van der Waals surface area (Å²) in [5.41, 5.74) is 1.06. The number of benzene rings is 1. The molecule has 0 fully saturated rings. The average Bonchev–Trinajstić information content (AvgIpc) is 2.37. The molecule has 3 nitrogen and oxygen atoms in total. The molecule has 18 heavy (non-hydrogen) atoms. The van der Waals surface area contributed by atoms with Crippen LogP contribution in [-0.4, -0.2) is 34.3 Å². The van der Waals surface area contributed by atoms with Crippen molar-refractivity contribution in [1.82, 2.24) is 4.90 Å². The van der Waals surface area contributed by atoms with Crippen molar-refractivity contribution in [3.63, 3.8) is 0 Å². The highest BCUT2D eigenvalue weighted by Crippen LogP contribution is 2.14. The predicted molar refractivity (Wildman–Crippen MR) is 76.6 cm³/mol. The van der Waals surface area contributed by atoms with Gasteiger partial charge in [0, 0.05) is 13.1 Å². The van der Waals surface area contributed by atoms with Gasteiger partial charge in [-0.2, -0.15) is 12.6 Å². The number of hydrogen-bond acceptors (Lipinski definition) is 3. The highest BCUT2D eigenvalue weighted by molar-refractivity contribution is 7.81. The number of aliphatic hydroxyl groups is 1. The monoisotopic (exact) mass is 267 g/mol. The molecule has 4 heteroatoms. The zero-order valence-electron chi connectivity index (χ0n) is 10.9. The number of nitrogens with zero attached hydrogens (tertiary/aromatic N) is 1. The van der Waals surface area contributed by atoms with Crippen LogP contribution in [0, 0.1) is 5.92 Å². The number of rotatable bonds is 6. The van der Waals surface area contributed by atoms with Crippen LogP contribution in [0.15, 0.2) is 30.3 Å². The lowest BCUT2D eigenvalue weighted by molar-refractivity contribution is -0.132. The van der Waals surface area contributed by atoms with E-state index in [0.717, 1.165) is 5.56 Å². The normalized spacial score (nSPS) is 12.5. The van der Waals surface area contributed by atoms with Crippen LogP contribution in [0.25, 0.3) is 0 Å². The van der Waals surface area contributed by atoms with Gasteiger partial charge in [0.05, 0.1) is 11.9 Å². The maximum atomic E-state index is 12.2. The Morgan fingerprint density at radius 2 is 1.94 bits per heavy atom. The molecular weight excluding hydrogens is 246 g/mol. The fraction of sp³-hybridized carbons (Fsp3) is 0.500. The lowest BCUT2D eigenvalue weighted by atomic mass is 10.1. The second kappa shape index (κ2) is 7.44. The summed E-state index contributed by atoms with van der Waals surface area (Å²) in [4.78, 5) is 13.9. The molecule has 1 rings (SSSR count). The number of thiol groups is 1. The molecular formula is C14H21NO2S. The number of hydrogen-bond donors (Lipinski definition) is 2. The number of amides is 1. The van der Waals surface area contributed by atoms with Crippen LogP contribution in [0.2, 0.25) is 0 Å². The lowest BCUT2D eigenvalue weighted by Crippen LogP contribution is -2.40. The van der Waals surface area contributed by atoms with Gasteiger partial charge in [0.15, 0.2) is 0 Å². The molecule has 0 saturated carbocycles. The topological polar surface area (TPSA) is 40.5 Å². The molecule has 0 spiro atoms. The fourth-order valence-corrected chi connectivity index (χ4v) is 1.83. The van der Waals surface area contributed by atoms with E-state index in [2.05, 4.69) is 12.6 Å². The zero-order valence-corrected chi connectivity index (χ0v) is 11.8. The molecule has 0 aliphatic rings. The molecule has 100 valence electrons. The summed E-state index contributed by atoms with van der Waals surface area (Å²) in [5, 5.41) is 8.75. The largest absolute Gasteiger partial charge is 0.395 e. The van der Waals surface area contributed by atoms with E-state index in [1.807, 2.05) is 44.2 Å². The van der Waals surface area contributed by atoms with Crippen molar-refractivity contribution in [2.45, 2.75) is 25.6 Å². The van der Waals surface area contributed by atoms with Crippen LogP contribution >= 0.6 is 12.6 Å². The fourth-order valence-electron chi connectivity index (χ4n) is 1.66. The van der Waals surface area contributed by atoms with E-state index in [4.69, 9.17) is 5.11 Å². The third-order valence-electron chi connectivity index (χ3n) is 2.78. The van der Waals surface area contributed by atoms with Gasteiger partial charge in [-0.15, -0.1) is 0 Å². The Bertz CT molecular complexity index is 367. The molecule has 0 heterocycles. The first-order valence-electron chi connectivity index (χ1n) is 6.18. The Labute approximate surface area is 114 Å². The van der Waals surface area contributed by atoms with Crippen molar-refractivity contribution in [2.75, 3.05) is 13.2 Å². The van der Waals surface area contributed by atoms with Crippen molar-refractivity contribution < 1.29 is 9.90 Å². The highest BCUT2D eigenvalue weighted by Gasteiger charge is 2.23. The van der Waals surface area contributed by atoms with Gasteiger partial charge in [-0.25, -0.2) is 0 Å². The number of carbonyl (C=O) groups excluding carboxylic acids is 1. The molecule has 0 radical (unpaired) electrons. The third-order valence-corrected chi connectivity index (χ3v) is 3.60. The van der Waals surface area contributed by atoms with Crippen LogP contribution in [0.1, 0.15) is 19.4 Å². The third kappa shape index (κ3) is 4.35. The van der Waals surface area contributed by atoms with E-state index < -0.39 is 0 Å². The van der Waals surface area contributed by atoms with E-state index in [9.17, 15) is 4.79 Å². The van der Waals surface area contributed by atoms with Gasteiger partial charge in [-0.05, 0) is 11.5 Å². The Balaban J connectivity index is 2.73. The quantitative estimate of drug-likeness (QED) is 0.774. The highest BCUT2D eigenvalue weighted by atomic mass is 32.1. The minimum atomic E-state index is -0.319. The predicted octanol–water partition coefficient (Wildman–Crippen LogP) is 1.96. The molecule has 1 aromatic carbocycles. The summed E-state index contributed by atoms with van der Waals surface area (Å²) in [7, 11) is 0. The van der Waals surface area contributed by atoms with E-state index >= 15 is 0 Å². The van der Waals surface area contributed by atoms with Crippen LogP contribution in [0.3, 0.4) is 0 Å². The molecule has 1 atom stereocenters. The maximum Gasteiger partial charge on any atom is 0.236 e. The Morgan fingerprint density at radius 3 is 2.44 bits per heavy atom. The number of aliphatic hydroxyl groups excluding tert-OH is 1. The van der Waals surface area contributed by atoms with Gasteiger partial charge < -0.3 is 10.0 Å². The van der Waals surface area contributed by atoms with Gasteiger partial charge in [-0.3, -0.25) is 4.79 Å². The van der Waals surface area contributed by atoms with E-state index in [1.165, 1.54) is 0 Å². The van der Waals surface area contributed by atoms with Crippen molar-refractivity contribution in [3.8, 4) is 0 Å². The summed E-state index contributed by atoms with van der Waals surface area (Å²) < 4.78 is 0. The first kappa shape index (κ1) is 15.1. The van der Waals surface area contributed by atoms with Crippen molar-refractivity contribution in [3.05, 3.63) is 35.9 Å². The van der Waals surface area contributed by atoms with E-state index in [0.29, 0.717) is 13.1 Å². The summed E-state index contributed by atoms with van der Waals surface area (Å²) in [6, 6.07) is 9.77. The average molecular weight is 267 g/mol. The van der Waals surface area contributed by atoms with Gasteiger partial charge in [0.25, 0.3) is 0 Å². The molecule has 0 aromatic heterocycles. The van der Waals surface area contributed by atoms with Gasteiger partial charge in [0.2, 0.25) is 5.91 Å². The van der Waals surface area contributed by atoms with Crippen LogP contribution in [0.4, 0.5) is 0 Å². The molecule has 0 aliphatic heterocycles. The first-order chi connectivity index (χ1) is 8.56. The summed E-state index contributed by atoms with van der Waals surface area (Å²) in [6.45, 7) is 4.77. The Hall–Kier alpha value is -1.00. The van der Waals surface area contributed by atoms with Crippen LogP contribution in [-0.2, 0) is 11.3 Å². The van der Waals surface area contributed by atoms with Crippen molar-refractivity contribution in [2.24, 2.45) is 5.92 Å². The molecule has 1 amide bonds. The minimum Gasteiger partial charge on any atom is -0.395 e. The maximum absolute atomic E-state index is 12.2. The standard InChI is InChI=1S/C14H21NO2S/c1-11(2)13(18)14(17)15(8-9-16)10-12-6-4-3-5-7-12/h3-7,11,13,16,18H,8-10H2,1-2H3. The zero-order chi connectivity index (χ0) is 13.5. The van der Waals surface area contributed by atoms with E-state index in [-0.39, 0.29) is 23.7 Å². The van der Waals surface area contributed by atoms with Gasteiger partial charge in [0.1, 0.15) is 0 Å². The van der Waals surface area contributed by atoms with E-state index in [1.54, 1.807) is 4.90 Å². The first-order valence-corrected chi connectivity index (χ1v) is 6.69. The second-order valence-corrected chi connectivity index (χ2v) is 5.21. The number of carbonyl (C=O) groups is 1. The summed E-state index contributed by atoms with van der Waals surface area (Å²) >= 11 is 4.35. The smallest absolute Gasteiger partial charge is 0.236 e. The molecule has 0 bridgehead atoms. The summed E-state index contributed by atoms with van der Waals surface area (Å²) in [5.74, 6) is 0.157. The van der Waals surface area contributed by atoms with Crippen molar-refractivity contribution in [1.29, 1.82) is 0 Å². The Morgan fingerprint density at radius 1 is 1.33 bits per heavy atom. The SMILES string of the molecule is CC(C)C(S)C(=O)N(CCO)Cc1ccccc1. The summed E-state index contributed by atoms with van der Waals surface area (Å²) in [6.07, 6.45) is 0. The molecule has 0 saturated heterocycles. The van der Waals surface area contributed by atoms with Gasteiger partial charge in [-0.1, -0.05) is 44.2 Å². The molecule has 1 unspecified atom stereocenters. The second-order valence-electron chi connectivity index (χ2n) is 4.66. The Kier molecular flexibility index (Phi) is 6.22. The van der Waals surface area contributed by atoms with Crippen molar-refractivity contribution >= 4 is 18.5 Å². The minimum absolute atomic E-state index is 0.0220. The lowest BCUT2D eigenvalue weighted by Gasteiger charge is -2.26. The van der Waals surface area contributed by atoms with Crippen LogP contribution < -0.4 is 0 Å². The molecule has 1 aromatic rings. The van der Waals surface area contributed by atoms with Gasteiger partial charge >= 0.3 is 0 Å². The van der Waals surface area contributed by atoms with Crippen LogP contribution in [0.5, 0.6) is 0 Å².